The normalized spacial score (nSPS) is 11.2. The fourth-order valence-corrected chi connectivity index (χ4v) is 2.48. The average Bonchev–Trinajstić information content (AvgIpc) is 2.81. The number of hydrogen-bond acceptors (Lipinski definition) is 2. The molecule has 20 heavy (non-hydrogen) atoms. The van der Waals surface area contributed by atoms with Crippen LogP contribution in [0.2, 0.25) is 0 Å². The van der Waals surface area contributed by atoms with Crippen molar-refractivity contribution in [3.8, 4) is 0 Å². The van der Waals surface area contributed by atoms with Crippen LogP contribution in [0.5, 0.6) is 0 Å². The maximum absolute atomic E-state index is 12.3. The van der Waals surface area contributed by atoms with Crippen LogP contribution in [0.1, 0.15) is 29.8 Å². The van der Waals surface area contributed by atoms with Crippen molar-refractivity contribution in [2.75, 3.05) is 27.2 Å². The fraction of sp³-hybridized carbons (Fsp3) is 0.438. The summed E-state index contributed by atoms with van der Waals surface area (Å²) in [5.41, 5.74) is 3.03. The Morgan fingerprint density at radius 2 is 1.90 bits per heavy atom. The summed E-state index contributed by atoms with van der Waals surface area (Å²) in [7, 11) is 4.11. The number of nitrogens with zero attached hydrogens (tertiary/aromatic N) is 2. The lowest BCUT2D eigenvalue weighted by atomic mass is 10.1. The van der Waals surface area contributed by atoms with Crippen LogP contribution in [0.15, 0.2) is 24.4 Å². The minimum absolute atomic E-state index is 0.0978. The maximum atomic E-state index is 12.3. The van der Waals surface area contributed by atoms with E-state index in [4.69, 9.17) is 0 Å². The van der Waals surface area contributed by atoms with Gasteiger partial charge in [-0.15, -0.1) is 0 Å². The molecule has 0 atom stereocenters. The van der Waals surface area contributed by atoms with Gasteiger partial charge in [-0.2, -0.15) is 0 Å². The number of carbonyl (C=O) groups is 1. The molecule has 0 unspecified atom stereocenters. The molecule has 0 bridgehead atoms. The van der Waals surface area contributed by atoms with Crippen molar-refractivity contribution < 1.29 is 4.79 Å². The van der Waals surface area contributed by atoms with E-state index in [9.17, 15) is 4.79 Å². The van der Waals surface area contributed by atoms with E-state index in [-0.39, 0.29) is 5.91 Å². The quantitative estimate of drug-likeness (QED) is 0.909. The molecule has 1 amide bonds. The van der Waals surface area contributed by atoms with Crippen molar-refractivity contribution in [3.05, 3.63) is 35.5 Å². The van der Waals surface area contributed by atoms with Gasteiger partial charge in [0.25, 0.3) is 5.91 Å². The molecule has 1 aromatic heterocycles. The van der Waals surface area contributed by atoms with Crippen LogP contribution >= 0.6 is 0 Å². The van der Waals surface area contributed by atoms with Crippen molar-refractivity contribution in [2.45, 2.75) is 20.4 Å². The molecule has 0 aliphatic heterocycles. The highest BCUT2D eigenvalue weighted by Crippen LogP contribution is 2.21. The zero-order valence-electron chi connectivity index (χ0n) is 12.7. The highest BCUT2D eigenvalue weighted by molar-refractivity contribution is 5.98. The average molecular weight is 273 g/mol. The van der Waals surface area contributed by atoms with Gasteiger partial charge in [-0.05, 0) is 45.6 Å². The van der Waals surface area contributed by atoms with Crippen molar-refractivity contribution in [3.63, 3.8) is 0 Å². The maximum Gasteiger partial charge on any atom is 0.253 e. The largest absolute Gasteiger partial charge is 0.361 e. The van der Waals surface area contributed by atoms with Gasteiger partial charge in [0.15, 0.2) is 0 Å². The Morgan fingerprint density at radius 1 is 1.20 bits per heavy atom. The summed E-state index contributed by atoms with van der Waals surface area (Å²) in [6.45, 7) is 6.38. The number of carbonyl (C=O) groups excluding carboxylic acids is 1. The van der Waals surface area contributed by atoms with Crippen LogP contribution in [-0.2, 0) is 6.54 Å². The van der Waals surface area contributed by atoms with Crippen LogP contribution in [0, 0.1) is 0 Å². The highest BCUT2D eigenvalue weighted by Gasteiger charge is 2.14. The Balaban J connectivity index is 2.33. The fourth-order valence-electron chi connectivity index (χ4n) is 2.48. The highest BCUT2D eigenvalue weighted by atomic mass is 16.2. The van der Waals surface area contributed by atoms with Crippen molar-refractivity contribution in [1.29, 1.82) is 0 Å². The lowest BCUT2D eigenvalue weighted by Crippen LogP contribution is -2.30. The van der Waals surface area contributed by atoms with E-state index < -0.39 is 0 Å². The van der Waals surface area contributed by atoms with Gasteiger partial charge in [-0.1, -0.05) is 6.07 Å². The Morgan fingerprint density at radius 3 is 2.50 bits per heavy atom. The predicted octanol–water partition coefficient (Wildman–Crippen LogP) is 2.71. The molecule has 1 aromatic carbocycles. The Hall–Kier alpha value is -1.81. The molecule has 0 aliphatic carbocycles. The molecule has 4 heteroatoms. The first-order valence-electron chi connectivity index (χ1n) is 7.10. The second-order valence-corrected chi connectivity index (χ2v) is 5.29. The number of rotatable bonds is 5. The number of hydrogen-bond donors (Lipinski definition) is 1. The molecule has 0 fully saturated rings. The molecule has 0 radical (unpaired) electrons. The molecule has 0 saturated carbocycles. The number of H-pyrrole nitrogens is 1. The summed E-state index contributed by atoms with van der Waals surface area (Å²) in [6.07, 6.45) is 2.02. The zero-order chi connectivity index (χ0) is 14.7. The van der Waals surface area contributed by atoms with Crippen LogP contribution in [0.4, 0.5) is 0 Å². The molecule has 1 N–H and O–H groups in total. The second-order valence-electron chi connectivity index (χ2n) is 5.29. The molecule has 2 aromatic rings. The third-order valence-electron chi connectivity index (χ3n) is 3.55. The number of fused-ring (bicyclic) bond motifs is 1. The molecular formula is C16H23N3O. The minimum atomic E-state index is 0.0978. The van der Waals surface area contributed by atoms with Gasteiger partial charge in [0.2, 0.25) is 0 Å². The van der Waals surface area contributed by atoms with Crippen molar-refractivity contribution in [2.24, 2.45) is 0 Å². The molecule has 0 aliphatic rings. The third-order valence-corrected chi connectivity index (χ3v) is 3.55. The smallest absolute Gasteiger partial charge is 0.253 e. The van der Waals surface area contributed by atoms with Crippen LogP contribution in [-0.4, -0.2) is 47.9 Å². The van der Waals surface area contributed by atoms with E-state index in [1.54, 1.807) is 0 Å². The topological polar surface area (TPSA) is 39.3 Å². The first-order valence-corrected chi connectivity index (χ1v) is 7.10. The van der Waals surface area contributed by atoms with E-state index in [0.29, 0.717) is 0 Å². The first kappa shape index (κ1) is 14.6. The summed E-state index contributed by atoms with van der Waals surface area (Å²) < 4.78 is 0. The molecule has 108 valence electrons. The Labute approximate surface area is 120 Å². The number of aromatic nitrogens is 1. The van der Waals surface area contributed by atoms with Gasteiger partial charge in [-0.3, -0.25) is 4.79 Å². The lowest BCUT2D eigenvalue weighted by molar-refractivity contribution is 0.0773. The Kier molecular flexibility index (Phi) is 4.45. The molecular weight excluding hydrogens is 250 g/mol. The van der Waals surface area contributed by atoms with E-state index in [1.807, 2.05) is 43.1 Å². The monoisotopic (exact) mass is 273 g/mol. The summed E-state index contributed by atoms with van der Waals surface area (Å²) in [6, 6.07) is 5.92. The SMILES string of the molecule is CCN(CC)C(=O)c1ccc2c(CN(C)C)c[nH]c2c1. The van der Waals surface area contributed by atoms with Crippen LogP contribution < -0.4 is 0 Å². The van der Waals surface area contributed by atoms with Gasteiger partial charge in [-0.25, -0.2) is 0 Å². The summed E-state index contributed by atoms with van der Waals surface area (Å²) >= 11 is 0. The number of amides is 1. The van der Waals surface area contributed by atoms with E-state index in [2.05, 4.69) is 24.0 Å². The van der Waals surface area contributed by atoms with Crippen LogP contribution in [0.25, 0.3) is 10.9 Å². The standard InChI is InChI=1S/C16H23N3O/c1-5-19(6-2)16(20)12-7-8-14-13(11-18(3)4)10-17-15(14)9-12/h7-10,17H,5-6,11H2,1-4H3. The van der Waals surface area contributed by atoms with Gasteiger partial charge in [0, 0.05) is 42.3 Å². The van der Waals surface area contributed by atoms with Crippen LogP contribution in [0.3, 0.4) is 0 Å². The lowest BCUT2D eigenvalue weighted by Gasteiger charge is -2.18. The number of nitrogens with one attached hydrogen (secondary N) is 1. The molecule has 4 nitrogen and oxygen atoms in total. The molecule has 1 heterocycles. The number of benzene rings is 1. The summed E-state index contributed by atoms with van der Waals surface area (Å²) in [5, 5.41) is 1.19. The molecule has 0 saturated heterocycles. The zero-order valence-corrected chi connectivity index (χ0v) is 12.7. The molecule has 0 spiro atoms. The third kappa shape index (κ3) is 2.85. The van der Waals surface area contributed by atoms with Crippen molar-refractivity contribution >= 4 is 16.8 Å². The summed E-state index contributed by atoms with van der Waals surface area (Å²) in [4.78, 5) is 19.6. The van der Waals surface area contributed by atoms with Crippen molar-refractivity contribution in [1.82, 2.24) is 14.8 Å². The van der Waals surface area contributed by atoms with Gasteiger partial charge >= 0.3 is 0 Å². The number of aromatic amines is 1. The minimum Gasteiger partial charge on any atom is -0.361 e. The Bertz CT molecular complexity index is 597. The van der Waals surface area contributed by atoms with E-state index in [0.717, 1.165) is 30.7 Å². The predicted molar refractivity (Wildman–Crippen MR) is 82.9 cm³/mol. The first-order chi connectivity index (χ1) is 9.56. The van der Waals surface area contributed by atoms with Gasteiger partial charge < -0.3 is 14.8 Å². The van der Waals surface area contributed by atoms with Gasteiger partial charge in [0.1, 0.15) is 0 Å². The van der Waals surface area contributed by atoms with E-state index >= 15 is 0 Å². The van der Waals surface area contributed by atoms with E-state index in [1.165, 1.54) is 10.9 Å². The second kappa shape index (κ2) is 6.09. The summed E-state index contributed by atoms with van der Waals surface area (Å²) in [5.74, 6) is 0.0978. The van der Waals surface area contributed by atoms with Gasteiger partial charge in [0.05, 0.1) is 0 Å². The molecule has 2 rings (SSSR count).